The van der Waals surface area contributed by atoms with E-state index in [1.54, 1.807) is 0 Å². The van der Waals surface area contributed by atoms with Gasteiger partial charge in [-0.3, -0.25) is 4.98 Å². The number of nitrogens with zero attached hydrogens (tertiary/aromatic N) is 3. The topological polar surface area (TPSA) is 38.7 Å². The first-order valence-electron chi connectivity index (χ1n) is 11.5. The summed E-state index contributed by atoms with van der Waals surface area (Å²) in [4.78, 5) is 14.9. The Morgan fingerprint density at radius 1 is 0.471 bits per heavy atom. The molecule has 3 aromatic carbocycles. The lowest BCUT2D eigenvalue weighted by molar-refractivity contribution is 1.27. The second kappa shape index (κ2) is 8.20. The summed E-state index contributed by atoms with van der Waals surface area (Å²) in [5, 5.41) is 2.27. The van der Waals surface area contributed by atoms with Gasteiger partial charge in [0.2, 0.25) is 0 Å². The molecule has 3 heteroatoms. The van der Waals surface area contributed by atoms with Crippen molar-refractivity contribution in [2.24, 2.45) is 0 Å². The van der Waals surface area contributed by atoms with Gasteiger partial charge in [-0.25, -0.2) is 9.97 Å². The van der Waals surface area contributed by atoms with Gasteiger partial charge in [0.15, 0.2) is 0 Å². The lowest BCUT2D eigenvalue weighted by atomic mass is 9.97. The molecule has 0 radical (unpaired) electrons. The number of hydrogen-bond acceptors (Lipinski definition) is 3. The lowest BCUT2D eigenvalue weighted by Gasteiger charge is -2.13. The van der Waals surface area contributed by atoms with Gasteiger partial charge in [-0.15, -0.1) is 0 Å². The normalized spacial score (nSPS) is 11.2. The highest BCUT2D eigenvalue weighted by molar-refractivity contribution is 6.07. The van der Waals surface area contributed by atoms with E-state index >= 15 is 0 Å². The van der Waals surface area contributed by atoms with Crippen LogP contribution in [-0.4, -0.2) is 15.0 Å². The molecule has 0 N–H and O–H groups in total. The summed E-state index contributed by atoms with van der Waals surface area (Å²) in [6.45, 7) is 4.33. The minimum absolute atomic E-state index is 0.849. The zero-order valence-corrected chi connectivity index (χ0v) is 19.2. The Kier molecular flexibility index (Phi) is 4.88. The van der Waals surface area contributed by atoms with Crippen LogP contribution in [0.3, 0.4) is 0 Å². The van der Waals surface area contributed by atoms with E-state index < -0.39 is 0 Å². The average Bonchev–Trinajstić information content (AvgIpc) is 2.92. The van der Waals surface area contributed by atoms with Crippen LogP contribution in [0.15, 0.2) is 103 Å². The monoisotopic (exact) mass is 437 g/mol. The molecule has 0 fully saturated rings. The smallest absolute Gasteiger partial charge is 0.0975 e. The Balaban J connectivity index is 1.57. The summed E-state index contributed by atoms with van der Waals surface area (Å²) in [5.41, 5.74) is 10.4. The molecular weight excluding hydrogens is 414 g/mol. The number of pyridine rings is 3. The summed E-state index contributed by atoms with van der Waals surface area (Å²) in [6.07, 6.45) is 1.85. The van der Waals surface area contributed by atoms with Crippen LogP contribution < -0.4 is 0 Å². The molecule has 0 aliphatic heterocycles. The molecule has 6 aromatic rings. The Labute approximate surface area is 198 Å². The van der Waals surface area contributed by atoms with Crippen molar-refractivity contribution in [3.8, 4) is 33.8 Å². The predicted octanol–water partition coefficient (Wildman–Crippen LogP) is 7.80. The second-order valence-electron chi connectivity index (χ2n) is 8.60. The number of aromatic nitrogens is 3. The molecule has 0 saturated carbocycles. The van der Waals surface area contributed by atoms with Crippen LogP contribution in [0.2, 0.25) is 0 Å². The molecule has 0 aliphatic carbocycles. The van der Waals surface area contributed by atoms with Crippen molar-refractivity contribution in [3.05, 3.63) is 114 Å². The summed E-state index contributed by atoms with van der Waals surface area (Å²) < 4.78 is 0. The predicted molar refractivity (Wildman–Crippen MR) is 141 cm³/mol. The SMILES string of the molecule is Cc1c(C)c2ccc(-c3cc(-c4ccccc4)ccn3)nc2c2nc(-c3ccccc3)ccc12. The van der Waals surface area contributed by atoms with Crippen molar-refractivity contribution in [1.82, 2.24) is 15.0 Å². The summed E-state index contributed by atoms with van der Waals surface area (Å²) >= 11 is 0. The number of aryl methyl sites for hydroxylation is 2. The van der Waals surface area contributed by atoms with Crippen LogP contribution >= 0.6 is 0 Å². The van der Waals surface area contributed by atoms with Gasteiger partial charge in [0, 0.05) is 22.5 Å². The third-order valence-corrected chi connectivity index (χ3v) is 6.58. The molecule has 0 atom stereocenters. The second-order valence-corrected chi connectivity index (χ2v) is 8.60. The Morgan fingerprint density at radius 2 is 1.03 bits per heavy atom. The number of rotatable bonds is 3. The standard InChI is InChI=1S/C31H23N3/c1-20-21(2)26-14-16-28(29-19-24(17-18-32-29)22-9-5-3-6-10-22)34-31(26)30-25(20)13-15-27(33-30)23-11-7-4-8-12-23/h3-19H,1-2H3. The van der Waals surface area contributed by atoms with Crippen LogP contribution in [0.4, 0.5) is 0 Å². The quantitative estimate of drug-likeness (QED) is 0.265. The van der Waals surface area contributed by atoms with Crippen molar-refractivity contribution < 1.29 is 0 Å². The first-order chi connectivity index (χ1) is 16.7. The first-order valence-corrected chi connectivity index (χ1v) is 11.5. The highest BCUT2D eigenvalue weighted by Gasteiger charge is 2.14. The van der Waals surface area contributed by atoms with Gasteiger partial charge in [0.1, 0.15) is 0 Å². The molecule has 0 aliphatic rings. The summed E-state index contributed by atoms with van der Waals surface area (Å²) in [7, 11) is 0. The highest BCUT2D eigenvalue weighted by atomic mass is 14.8. The Morgan fingerprint density at radius 3 is 1.68 bits per heavy atom. The maximum absolute atomic E-state index is 5.12. The van der Waals surface area contributed by atoms with Gasteiger partial charge in [-0.2, -0.15) is 0 Å². The van der Waals surface area contributed by atoms with E-state index in [-0.39, 0.29) is 0 Å². The van der Waals surface area contributed by atoms with Gasteiger partial charge in [0.05, 0.1) is 28.1 Å². The maximum atomic E-state index is 5.12. The van der Waals surface area contributed by atoms with Gasteiger partial charge in [-0.05, 0) is 60.4 Å². The van der Waals surface area contributed by atoms with E-state index in [1.165, 1.54) is 11.1 Å². The number of fused-ring (bicyclic) bond motifs is 3. The van der Waals surface area contributed by atoms with Gasteiger partial charge in [-0.1, -0.05) is 72.8 Å². The maximum Gasteiger partial charge on any atom is 0.0975 e. The van der Waals surface area contributed by atoms with E-state index in [9.17, 15) is 0 Å². The van der Waals surface area contributed by atoms with Crippen LogP contribution in [0.5, 0.6) is 0 Å². The van der Waals surface area contributed by atoms with Crippen molar-refractivity contribution in [3.63, 3.8) is 0 Å². The van der Waals surface area contributed by atoms with Gasteiger partial charge < -0.3 is 0 Å². The summed E-state index contributed by atoms with van der Waals surface area (Å²) in [5.74, 6) is 0. The fraction of sp³-hybridized carbons (Fsp3) is 0.0645. The Hall–Kier alpha value is -4.37. The third kappa shape index (κ3) is 3.43. The number of benzene rings is 3. The van der Waals surface area contributed by atoms with E-state index in [0.717, 1.165) is 55.6 Å². The van der Waals surface area contributed by atoms with Crippen LogP contribution in [0.1, 0.15) is 11.1 Å². The van der Waals surface area contributed by atoms with E-state index in [0.29, 0.717) is 0 Å². The van der Waals surface area contributed by atoms with Crippen molar-refractivity contribution in [2.45, 2.75) is 13.8 Å². The largest absolute Gasteiger partial charge is 0.255 e. The first kappa shape index (κ1) is 20.3. The molecular formula is C31H23N3. The molecule has 3 heterocycles. The summed E-state index contributed by atoms with van der Waals surface area (Å²) in [6, 6.07) is 33.3. The van der Waals surface area contributed by atoms with Crippen molar-refractivity contribution >= 4 is 21.8 Å². The lowest BCUT2D eigenvalue weighted by Crippen LogP contribution is -1.96. The van der Waals surface area contributed by atoms with Crippen LogP contribution in [-0.2, 0) is 0 Å². The van der Waals surface area contributed by atoms with Gasteiger partial charge >= 0.3 is 0 Å². The molecule has 0 saturated heterocycles. The number of hydrogen-bond donors (Lipinski definition) is 0. The van der Waals surface area contributed by atoms with Gasteiger partial charge in [0.25, 0.3) is 0 Å². The zero-order valence-electron chi connectivity index (χ0n) is 19.2. The molecule has 0 bridgehead atoms. The fourth-order valence-corrected chi connectivity index (χ4v) is 4.58. The third-order valence-electron chi connectivity index (χ3n) is 6.58. The molecule has 0 amide bonds. The molecule has 162 valence electrons. The minimum Gasteiger partial charge on any atom is -0.255 e. The molecule has 3 aromatic heterocycles. The van der Waals surface area contributed by atoms with E-state index in [2.05, 4.69) is 85.6 Å². The molecule has 6 rings (SSSR count). The van der Waals surface area contributed by atoms with E-state index in [4.69, 9.17) is 9.97 Å². The van der Waals surface area contributed by atoms with Crippen molar-refractivity contribution in [2.75, 3.05) is 0 Å². The highest BCUT2D eigenvalue weighted by Crippen LogP contribution is 2.33. The molecule has 0 spiro atoms. The van der Waals surface area contributed by atoms with E-state index in [1.807, 2.05) is 36.5 Å². The molecule has 3 nitrogen and oxygen atoms in total. The van der Waals surface area contributed by atoms with Crippen molar-refractivity contribution in [1.29, 1.82) is 0 Å². The average molecular weight is 438 g/mol. The molecule has 34 heavy (non-hydrogen) atoms. The Bertz CT molecular complexity index is 1660. The minimum atomic E-state index is 0.849. The zero-order chi connectivity index (χ0) is 23.1. The molecule has 0 unspecified atom stereocenters. The fourth-order valence-electron chi connectivity index (χ4n) is 4.58. The van der Waals surface area contributed by atoms with Crippen LogP contribution in [0, 0.1) is 13.8 Å². The van der Waals surface area contributed by atoms with Crippen LogP contribution in [0.25, 0.3) is 55.6 Å².